The first kappa shape index (κ1) is 19.4. The van der Waals surface area contributed by atoms with Gasteiger partial charge >= 0.3 is 6.03 Å². The Kier molecular flexibility index (Phi) is 5.35. The summed E-state index contributed by atoms with van der Waals surface area (Å²) in [4.78, 5) is 39.1. The second-order valence-electron chi connectivity index (χ2n) is 6.84. The summed E-state index contributed by atoms with van der Waals surface area (Å²) in [6.45, 7) is 3.48. The van der Waals surface area contributed by atoms with E-state index >= 15 is 0 Å². The molecule has 0 aromatic heterocycles. The normalized spacial score (nSPS) is 19.9. The number of benzene rings is 2. The predicted molar refractivity (Wildman–Crippen MR) is 103 cm³/mol. The standard InChI is InChI=1S/C21H23N3O4/c1-14(18(25)22-13-15-8-5-4-6-9-15)24-19(26)21(2,23-20(24)27)16-10-7-11-17(12-16)28-3/h4-12,14H,13H2,1-3H3,(H,22,25)(H,23,27). The van der Waals surface area contributed by atoms with Gasteiger partial charge in [0.25, 0.3) is 5.91 Å². The molecule has 2 N–H and O–H groups in total. The minimum atomic E-state index is -1.26. The number of methoxy groups -OCH3 is 1. The van der Waals surface area contributed by atoms with Crippen LogP contribution in [-0.2, 0) is 21.7 Å². The Morgan fingerprint density at radius 2 is 1.89 bits per heavy atom. The lowest BCUT2D eigenvalue weighted by atomic mass is 9.91. The molecule has 2 unspecified atom stereocenters. The first-order chi connectivity index (χ1) is 13.4. The van der Waals surface area contributed by atoms with Crippen LogP contribution in [-0.4, -0.2) is 35.9 Å². The Labute approximate surface area is 163 Å². The van der Waals surface area contributed by atoms with E-state index in [0.29, 0.717) is 17.9 Å². The van der Waals surface area contributed by atoms with Crippen molar-refractivity contribution >= 4 is 17.8 Å². The SMILES string of the molecule is COc1cccc(C2(C)NC(=O)N(C(C)C(=O)NCc3ccccc3)C2=O)c1. The molecular formula is C21H23N3O4. The number of ether oxygens (including phenoxy) is 1. The van der Waals surface area contributed by atoms with Gasteiger partial charge < -0.3 is 15.4 Å². The quantitative estimate of drug-likeness (QED) is 0.751. The van der Waals surface area contributed by atoms with Crippen LogP contribution >= 0.6 is 0 Å². The highest BCUT2D eigenvalue weighted by Crippen LogP contribution is 2.31. The summed E-state index contributed by atoms with van der Waals surface area (Å²) in [6, 6.07) is 14.8. The van der Waals surface area contributed by atoms with Crippen molar-refractivity contribution in [2.75, 3.05) is 7.11 Å². The molecule has 3 rings (SSSR count). The van der Waals surface area contributed by atoms with Gasteiger partial charge in [0.15, 0.2) is 0 Å². The summed E-state index contributed by atoms with van der Waals surface area (Å²) in [5, 5.41) is 5.48. The molecular weight excluding hydrogens is 358 g/mol. The second-order valence-corrected chi connectivity index (χ2v) is 6.84. The third-order valence-corrected chi connectivity index (χ3v) is 4.95. The molecule has 0 aliphatic carbocycles. The van der Waals surface area contributed by atoms with Gasteiger partial charge in [0.1, 0.15) is 17.3 Å². The molecule has 7 nitrogen and oxygen atoms in total. The molecule has 28 heavy (non-hydrogen) atoms. The molecule has 0 radical (unpaired) electrons. The highest BCUT2D eigenvalue weighted by molar-refractivity contribution is 6.09. The Hall–Kier alpha value is -3.35. The van der Waals surface area contributed by atoms with Gasteiger partial charge in [0.2, 0.25) is 5.91 Å². The van der Waals surface area contributed by atoms with Gasteiger partial charge in [-0.25, -0.2) is 9.69 Å². The molecule has 2 atom stereocenters. The van der Waals surface area contributed by atoms with Crippen molar-refractivity contribution in [1.82, 2.24) is 15.5 Å². The van der Waals surface area contributed by atoms with Crippen molar-refractivity contribution in [3.63, 3.8) is 0 Å². The van der Waals surface area contributed by atoms with Gasteiger partial charge in [-0.2, -0.15) is 0 Å². The minimum Gasteiger partial charge on any atom is -0.497 e. The lowest BCUT2D eigenvalue weighted by molar-refractivity contribution is -0.137. The number of hydrogen-bond donors (Lipinski definition) is 2. The zero-order valence-electron chi connectivity index (χ0n) is 16.1. The number of amides is 4. The fourth-order valence-electron chi connectivity index (χ4n) is 3.19. The smallest absolute Gasteiger partial charge is 0.326 e. The summed E-state index contributed by atoms with van der Waals surface area (Å²) in [6.07, 6.45) is 0. The molecule has 0 spiro atoms. The molecule has 2 aromatic rings. The van der Waals surface area contributed by atoms with Gasteiger partial charge in [-0.1, -0.05) is 42.5 Å². The Morgan fingerprint density at radius 1 is 1.18 bits per heavy atom. The number of urea groups is 1. The first-order valence-electron chi connectivity index (χ1n) is 8.99. The summed E-state index contributed by atoms with van der Waals surface area (Å²) in [5.41, 5.74) is 0.255. The van der Waals surface area contributed by atoms with Gasteiger partial charge in [-0.05, 0) is 37.1 Å². The maximum Gasteiger partial charge on any atom is 0.326 e. The largest absolute Gasteiger partial charge is 0.497 e. The van der Waals surface area contributed by atoms with Crippen molar-refractivity contribution in [3.8, 4) is 5.75 Å². The highest BCUT2D eigenvalue weighted by Gasteiger charge is 2.51. The van der Waals surface area contributed by atoms with Crippen molar-refractivity contribution < 1.29 is 19.1 Å². The topological polar surface area (TPSA) is 87.7 Å². The molecule has 0 saturated carbocycles. The molecule has 1 fully saturated rings. The Balaban J connectivity index is 1.75. The number of carbonyl (C=O) groups is 3. The van der Waals surface area contributed by atoms with E-state index in [-0.39, 0.29) is 0 Å². The van der Waals surface area contributed by atoms with Crippen LogP contribution in [0.3, 0.4) is 0 Å². The van der Waals surface area contributed by atoms with Crippen LogP contribution in [0.2, 0.25) is 0 Å². The van der Waals surface area contributed by atoms with Crippen LogP contribution in [0.1, 0.15) is 25.0 Å². The number of imide groups is 1. The zero-order chi connectivity index (χ0) is 20.3. The van der Waals surface area contributed by atoms with Gasteiger partial charge in [0, 0.05) is 6.54 Å². The fraction of sp³-hybridized carbons (Fsp3) is 0.286. The number of carbonyl (C=O) groups excluding carboxylic acids is 3. The molecule has 2 aromatic carbocycles. The van der Waals surface area contributed by atoms with E-state index in [4.69, 9.17) is 4.74 Å². The van der Waals surface area contributed by atoms with Crippen molar-refractivity contribution in [1.29, 1.82) is 0 Å². The van der Waals surface area contributed by atoms with Crippen LogP contribution in [0, 0.1) is 0 Å². The summed E-state index contributed by atoms with van der Waals surface area (Å²) < 4.78 is 5.21. The van der Waals surface area contributed by atoms with E-state index in [2.05, 4.69) is 10.6 Å². The van der Waals surface area contributed by atoms with Gasteiger partial charge in [0.05, 0.1) is 7.11 Å². The Morgan fingerprint density at radius 3 is 2.57 bits per heavy atom. The number of hydrogen-bond acceptors (Lipinski definition) is 4. The van der Waals surface area contributed by atoms with Crippen molar-refractivity contribution in [3.05, 3.63) is 65.7 Å². The average Bonchev–Trinajstić information content (AvgIpc) is 2.95. The summed E-state index contributed by atoms with van der Waals surface area (Å²) in [7, 11) is 1.53. The molecule has 146 valence electrons. The maximum absolute atomic E-state index is 13.1. The molecule has 1 aliphatic heterocycles. The molecule has 1 saturated heterocycles. The van der Waals surface area contributed by atoms with E-state index in [1.54, 1.807) is 31.2 Å². The van der Waals surface area contributed by atoms with Gasteiger partial charge in [-0.15, -0.1) is 0 Å². The Bertz CT molecular complexity index is 900. The highest BCUT2D eigenvalue weighted by atomic mass is 16.5. The molecule has 1 aliphatic rings. The minimum absolute atomic E-state index is 0.320. The third-order valence-electron chi connectivity index (χ3n) is 4.95. The van der Waals surface area contributed by atoms with Crippen LogP contribution in [0.5, 0.6) is 5.75 Å². The lowest BCUT2D eigenvalue weighted by Crippen LogP contribution is -2.49. The molecule has 1 heterocycles. The number of nitrogens with zero attached hydrogens (tertiary/aromatic N) is 1. The van der Waals surface area contributed by atoms with Crippen LogP contribution in [0.25, 0.3) is 0 Å². The van der Waals surface area contributed by atoms with E-state index in [1.165, 1.54) is 14.0 Å². The van der Waals surface area contributed by atoms with Crippen LogP contribution < -0.4 is 15.4 Å². The molecule has 7 heteroatoms. The summed E-state index contributed by atoms with van der Waals surface area (Å²) in [5.74, 6) is -0.303. The van der Waals surface area contributed by atoms with Gasteiger partial charge in [-0.3, -0.25) is 9.59 Å². The average molecular weight is 381 g/mol. The van der Waals surface area contributed by atoms with E-state index < -0.39 is 29.4 Å². The first-order valence-corrected chi connectivity index (χ1v) is 8.99. The number of rotatable bonds is 6. The van der Waals surface area contributed by atoms with Crippen LogP contribution in [0.4, 0.5) is 4.79 Å². The predicted octanol–water partition coefficient (Wildman–Crippen LogP) is 2.17. The van der Waals surface area contributed by atoms with E-state index in [0.717, 1.165) is 10.5 Å². The third kappa shape index (κ3) is 3.55. The molecule has 4 amide bonds. The van der Waals surface area contributed by atoms with E-state index in [1.807, 2.05) is 30.3 Å². The van der Waals surface area contributed by atoms with Crippen LogP contribution in [0.15, 0.2) is 54.6 Å². The second kappa shape index (κ2) is 7.72. The monoisotopic (exact) mass is 381 g/mol. The van der Waals surface area contributed by atoms with Crippen molar-refractivity contribution in [2.24, 2.45) is 0 Å². The lowest BCUT2D eigenvalue weighted by Gasteiger charge is -2.25. The fourth-order valence-corrected chi connectivity index (χ4v) is 3.19. The van der Waals surface area contributed by atoms with E-state index in [9.17, 15) is 14.4 Å². The number of nitrogens with one attached hydrogen (secondary N) is 2. The van der Waals surface area contributed by atoms with Crippen molar-refractivity contribution in [2.45, 2.75) is 32.0 Å². The maximum atomic E-state index is 13.1. The zero-order valence-corrected chi connectivity index (χ0v) is 16.1. The molecule has 0 bridgehead atoms. The summed E-state index contributed by atoms with van der Waals surface area (Å²) >= 11 is 0.